The molecule has 0 radical (unpaired) electrons. The number of fused-ring (bicyclic) bond motifs is 1. The fourth-order valence-corrected chi connectivity index (χ4v) is 3.12. The molecule has 0 atom stereocenters. The molecule has 31 heavy (non-hydrogen) atoms. The van der Waals surface area contributed by atoms with Crippen LogP contribution in [0.2, 0.25) is 0 Å². The Morgan fingerprint density at radius 2 is 1.81 bits per heavy atom. The molecule has 0 bridgehead atoms. The number of hydrogen-bond donors (Lipinski definition) is 1. The van der Waals surface area contributed by atoms with E-state index in [0.29, 0.717) is 23.3 Å². The van der Waals surface area contributed by atoms with Crippen LogP contribution >= 0.6 is 0 Å². The van der Waals surface area contributed by atoms with E-state index in [1.54, 1.807) is 6.07 Å². The Morgan fingerprint density at radius 3 is 2.48 bits per heavy atom. The van der Waals surface area contributed by atoms with E-state index in [0.717, 1.165) is 17.0 Å². The van der Waals surface area contributed by atoms with Gasteiger partial charge in [-0.05, 0) is 61.9 Å². The zero-order valence-electron chi connectivity index (χ0n) is 16.9. The van der Waals surface area contributed by atoms with E-state index in [9.17, 15) is 14.9 Å². The molecular formula is C22H19N5O4. The average molecular weight is 417 g/mol. The van der Waals surface area contributed by atoms with Crippen molar-refractivity contribution >= 4 is 28.3 Å². The van der Waals surface area contributed by atoms with Gasteiger partial charge < -0.3 is 10.1 Å². The Balaban J connectivity index is 1.61. The number of aromatic nitrogens is 3. The Labute approximate surface area is 177 Å². The van der Waals surface area contributed by atoms with Crippen molar-refractivity contribution in [1.82, 2.24) is 15.0 Å². The van der Waals surface area contributed by atoms with Gasteiger partial charge in [-0.3, -0.25) is 14.9 Å². The molecule has 156 valence electrons. The number of hydrogen-bond acceptors (Lipinski definition) is 6. The first-order chi connectivity index (χ1) is 14.9. The zero-order valence-corrected chi connectivity index (χ0v) is 16.9. The van der Waals surface area contributed by atoms with Gasteiger partial charge in [0.2, 0.25) is 0 Å². The van der Waals surface area contributed by atoms with Crippen LogP contribution in [0.4, 0.5) is 11.4 Å². The van der Waals surface area contributed by atoms with Gasteiger partial charge in [-0.2, -0.15) is 4.80 Å². The van der Waals surface area contributed by atoms with E-state index in [2.05, 4.69) is 15.5 Å². The van der Waals surface area contributed by atoms with Crippen molar-refractivity contribution in [2.24, 2.45) is 0 Å². The second kappa shape index (κ2) is 8.23. The van der Waals surface area contributed by atoms with E-state index in [4.69, 9.17) is 4.74 Å². The molecule has 4 rings (SSSR count). The van der Waals surface area contributed by atoms with Gasteiger partial charge in [-0.15, -0.1) is 10.2 Å². The summed E-state index contributed by atoms with van der Waals surface area (Å²) >= 11 is 0. The number of carbonyl (C=O) groups is 1. The molecule has 0 aliphatic heterocycles. The van der Waals surface area contributed by atoms with Crippen LogP contribution in [0.5, 0.6) is 5.75 Å². The van der Waals surface area contributed by atoms with Crippen LogP contribution in [-0.2, 0) is 0 Å². The number of aryl methyl sites for hydroxylation is 1. The first-order valence-corrected chi connectivity index (χ1v) is 9.61. The number of rotatable bonds is 6. The summed E-state index contributed by atoms with van der Waals surface area (Å²) in [6.07, 6.45) is 0. The van der Waals surface area contributed by atoms with Crippen LogP contribution in [0.3, 0.4) is 0 Å². The van der Waals surface area contributed by atoms with Crippen molar-refractivity contribution in [3.8, 4) is 11.4 Å². The fraction of sp³-hybridized carbons (Fsp3) is 0.136. The summed E-state index contributed by atoms with van der Waals surface area (Å²) in [4.78, 5) is 24.5. The molecule has 0 aliphatic rings. The van der Waals surface area contributed by atoms with Gasteiger partial charge >= 0.3 is 0 Å². The van der Waals surface area contributed by atoms with Gasteiger partial charge in [-0.1, -0.05) is 6.07 Å². The lowest BCUT2D eigenvalue weighted by molar-refractivity contribution is -0.384. The highest BCUT2D eigenvalue weighted by Crippen LogP contribution is 2.24. The highest BCUT2D eigenvalue weighted by atomic mass is 16.6. The summed E-state index contributed by atoms with van der Waals surface area (Å²) in [6.45, 7) is 4.36. The highest BCUT2D eigenvalue weighted by Gasteiger charge is 2.14. The van der Waals surface area contributed by atoms with Crippen LogP contribution in [0.25, 0.3) is 16.7 Å². The van der Waals surface area contributed by atoms with Crippen molar-refractivity contribution < 1.29 is 14.5 Å². The molecule has 1 N–H and O–H groups in total. The minimum atomic E-state index is -0.534. The molecule has 1 heterocycles. The second-order valence-electron chi connectivity index (χ2n) is 6.83. The van der Waals surface area contributed by atoms with Gasteiger partial charge in [-0.25, -0.2) is 0 Å². The molecule has 4 aromatic rings. The van der Waals surface area contributed by atoms with Gasteiger partial charge in [0.05, 0.1) is 17.2 Å². The Morgan fingerprint density at radius 1 is 1.10 bits per heavy atom. The first kappa shape index (κ1) is 20.0. The number of nitrogens with zero attached hydrogens (tertiary/aromatic N) is 4. The summed E-state index contributed by atoms with van der Waals surface area (Å²) in [5.74, 6) is 0.329. The van der Waals surface area contributed by atoms with Gasteiger partial charge in [0.15, 0.2) is 0 Å². The lowest BCUT2D eigenvalue weighted by atomic mass is 10.1. The van der Waals surface area contributed by atoms with Crippen LogP contribution in [-0.4, -0.2) is 32.4 Å². The Bertz CT molecular complexity index is 1280. The molecule has 1 aromatic heterocycles. The van der Waals surface area contributed by atoms with Gasteiger partial charge in [0.1, 0.15) is 16.8 Å². The highest BCUT2D eigenvalue weighted by molar-refractivity contribution is 6.05. The molecule has 0 saturated carbocycles. The predicted octanol–water partition coefficient (Wildman–Crippen LogP) is 4.29. The maximum absolute atomic E-state index is 12.6. The van der Waals surface area contributed by atoms with Gasteiger partial charge in [0, 0.05) is 23.4 Å². The molecule has 9 heteroatoms. The number of anilines is 1. The Hall–Kier alpha value is -4.27. The minimum Gasteiger partial charge on any atom is -0.494 e. The number of nitrogens with one attached hydrogen (secondary N) is 1. The van der Waals surface area contributed by atoms with Crippen molar-refractivity contribution in [2.75, 3.05) is 11.9 Å². The maximum atomic E-state index is 12.6. The number of carbonyl (C=O) groups excluding carboxylic acids is 1. The van der Waals surface area contributed by atoms with E-state index >= 15 is 0 Å². The zero-order chi connectivity index (χ0) is 22.0. The third-order valence-corrected chi connectivity index (χ3v) is 4.67. The number of amides is 1. The number of ether oxygens (including phenoxy) is 1. The summed E-state index contributed by atoms with van der Waals surface area (Å²) in [6, 6.07) is 16.6. The van der Waals surface area contributed by atoms with Crippen molar-refractivity contribution in [1.29, 1.82) is 0 Å². The van der Waals surface area contributed by atoms with E-state index in [1.165, 1.54) is 29.1 Å². The number of benzene rings is 3. The summed E-state index contributed by atoms with van der Waals surface area (Å²) < 4.78 is 5.45. The van der Waals surface area contributed by atoms with E-state index in [-0.39, 0.29) is 11.3 Å². The van der Waals surface area contributed by atoms with Crippen LogP contribution in [0.1, 0.15) is 22.8 Å². The maximum Gasteiger partial charge on any atom is 0.270 e. The van der Waals surface area contributed by atoms with Crippen molar-refractivity contribution in [2.45, 2.75) is 13.8 Å². The topological polar surface area (TPSA) is 112 Å². The number of nitro benzene ring substituents is 1. The lowest BCUT2D eigenvalue weighted by Gasteiger charge is -2.08. The van der Waals surface area contributed by atoms with Crippen LogP contribution in [0, 0.1) is 17.0 Å². The van der Waals surface area contributed by atoms with E-state index < -0.39 is 10.8 Å². The first-order valence-electron chi connectivity index (χ1n) is 9.61. The predicted molar refractivity (Wildman–Crippen MR) is 116 cm³/mol. The molecule has 9 nitrogen and oxygen atoms in total. The number of nitro groups is 1. The molecular weight excluding hydrogens is 398 g/mol. The largest absolute Gasteiger partial charge is 0.494 e. The van der Waals surface area contributed by atoms with Crippen molar-refractivity contribution in [3.05, 3.63) is 81.9 Å². The third-order valence-electron chi connectivity index (χ3n) is 4.67. The summed E-state index contributed by atoms with van der Waals surface area (Å²) in [5, 5.41) is 22.8. The fourth-order valence-electron chi connectivity index (χ4n) is 3.12. The number of non-ortho nitro benzene ring substituents is 1. The molecule has 0 saturated heterocycles. The SMILES string of the molecule is CCOc1ccc(-n2nc3cc(C)c(NC(=O)c4cccc([N+](=O)[O-])c4)cc3n2)cc1. The van der Waals surface area contributed by atoms with Crippen LogP contribution in [0.15, 0.2) is 60.7 Å². The molecule has 3 aromatic carbocycles. The monoisotopic (exact) mass is 417 g/mol. The normalized spacial score (nSPS) is 10.8. The molecule has 0 unspecified atom stereocenters. The second-order valence-corrected chi connectivity index (χ2v) is 6.83. The lowest BCUT2D eigenvalue weighted by Crippen LogP contribution is -2.13. The summed E-state index contributed by atoms with van der Waals surface area (Å²) in [5.41, 5.74) is 3.48. The Kier molecular flexibility index (Phi) is 5.31. The molecule has 0 fully saturated rings. The van der Waals surface area contributed by atoms with E-state index in [1.807, 2.05) is 44.2 Å². The van der Waals surface area contributed by atoms with Crippen molar-refractivity contribution in [3.63, 3.8) is 0 Å². The summed E-state index contributed by atoms with van der Waals surface area (Å²) in [7, 11) is 0. The minimum absolute atomic E-state index is 0.141. The standard InChI is InChI=1S/C22H19N5O4/c1-3-31-18-9-7-16(8-10-18)26-24-20-11-14(2)19(13-21(20)25-26)23-22(28)15-5-4-6-17(12-15)27(29)30/h4-13H,3H2,1-2H3,(H,23,28). The molecule has 0 aliphatic carbocycles. The molecule has 1 amide bonds. The average Bonchev–Trinajstić information content (AvgIpc) is 3.17. The van der Waals surface area contributed by atoms with Gasteiger partial charge in [0.25, 0.3) is 11.6 Å². The smallest absolute Gasteiger partial charge is 0.270 e. The van der Waals surface area contributed by atoms with Crippen LogP contribution < -0.4 is 10.1 Å². The quantitative estimate of drug-likeness (QED) is 0.370. The third kappa shape index (κ3) is 4.20. The molecule has 0 spiro atoms.